The van der Waals surface area contributed by atoms with E-state index in [4.69, 9.17) is 0 Å². The van der Waals surface area contributed by atoms with Gasteiger partial charge < -0.3 is 0 Å². The van der Waals surface area contributed by atoms with Crippen molar-refractivity contribution in [3.8, 4) is 0 Å². The van der Waals surface area contributed by atoms with Gasteiger partial charge in [-0.2, -0.15) is 0 Å². The van der Waals surface area contributed by atoms with E-state index in [2.05, 4.69) is 17.2 Å². The Kier molecular flexibility index (Phi) is 5.71. The summed E-state index contributed by atoms with van der Waals surface area (Å²) in [5.74, 6) is 0.334. The Morgan fingerprint density at radius 2 is 1.90 bits per heavy atom. The first kappa shape index (κ1) is 14.7. The number of hydrogen-bond donors (Lipinski definition) is 0. The van der Waals surface area contributed by atoms with Crippen LogP contribution < -0.4 is 0 Å². The molecule has 4 heteroatoms. The van der Waals surface area contributed by atoms with Gasteiger partial charge in [0, 0.05) is 12.8 Å². The molecule has 1 heterocycles. The second kappa shape index (κ2) is 7.78. The molecule has 0 saturated heterocycles. The van der Waals surface area contributed by atoms with Gasteiger partial charge in [0.25, 0.3) is 0 Å². The maximum absolute atomic E-state index is 11.8. The first-order chi connectivity index (χ1) is 9.81. The minimum absolute atomic E-state index is 0.334. The van der Waals surface area contributed by atoms with Crippen LogP contribution in [0.15, 0.2) is 24.3 Å². The number of nitrogens with zero attached hydrogens (tertiary/aromatic N) is 3. The van der Waals surface area contributed by atoms with Gasteiger partial charge in [-0.3, -0.25) is 4.79 Å². The fourth-order valence-electron chi connectivity index (χ4n) is 2.36. The molecule has 0 saturated carbocycles. The fraction of sp³-hybridized carbons (Fsp3) is 0.562. The van der Waals surface area contributed by atoms with Crippen molar-refractivity contribution in [1.82, 2.24) is 15.0 Å². The van der Waals surface area contributed by atoms with Crippen molar-refractivity contribution in [3.05, 3.63) is 24.3 Å². The molecule has 0 radical (unpaired) electrons. The molecule has 0 amide bonds. The zero-order valence-corrected chi connectivity index (χ0v) is 12.2. The van der Waals surface area contributed by atoms with Crippen LogP contribution in [0.3, 0.4) is 0 Å². The number of aryl methyl sites for hydroxylation is 1. The number of carbonyl (C=O) groups is 1. The zero-order valence-electron chi connectivity index (χ0n) is 12.2. The van der Waals surface area contributed by atoms with Crippen LogP contribution >= 0.6 is 0 Å². The first-order valence-corrected chi connectivity index (χ1v) is 7.61. The van der Waals surface area contributed by atoms with Gasteiger partial charge in [0.2, 0.25) is 0 Å². The van der Waals surface area contributed by atoms with Gasteiger partial charge in [-0.15, -0.1) is 5.10 Å². The van der Waals surface area contributed by atoms with E-state index in [-0.39, 0.29) is 0 Å². The molecule has 2 aromatic rings. The molecule has 20 heavy (non-hydrogen) atoms. The number of unbranched alkanes of at least 4 members (excludes halogenated alkanes) is 4. The quantitative estimate of drug-likeness (QED) is 0.654. The van der Waals surface area contributed by atoms with Crippen molar-refractivity contribution in [3.63, 3.8) is 0 Å². The highest BCUT2D eigenvalue weighted by Gasteiger charge is 2.06. The van der Waals surface area contributed by atoms with Gasteiger partial charge in [-0.25, -0.2) is 4.68 Å². The average molecular weight is 273 g/mol. The van der Waals surface area contributed by atoms with Crippen LogP contribution in [0, 0.1) is 0 Å². The maximum Gasteiger partial charge on any atom is 0.134 e. The molecular formula is C16H23N3O. The molecule has 0 bridgehead atoms. The highest BCUT2D eigenvalue weighted by atomic mass is 16.1. The normalized spacial score (nSPS) is 11.1. The van der Waals surface area contributed by atoms with E-state index in [9.17, 15) is 4.79 Å². The topological polar surface area (TPSA) is 47.8 Å². The molecule has 0 unspecified atom stereocenters. The summed E-state index contributed by atoms with van der Waals surface area (Å²) in [4.78, 5) is 11.8. The monoisotopic (exact) mass is 273 g/mol. The van der Waals surface area contributed by atoms with Gasteiger partial charge in [0.05, 0.1) is 12.1 Å². The highest BCUT2D eigenvalue weighted by molar-refractivity contribution is 5.78. The van der Waals surface area contributed by atoms with E-state index in [1.807, 2.05) is 28.9 Å². The standard InChI is InChI=1S/C16H23N3O/c1-2-3-4-5-6-9-14(20)12-13-19-16-11-8-7-10-15(16)17-18-19/h7-8,10-11H,2-6,9,12-13H2,1H3. The summed E-state index contributed by atoms with van der Waals surface area (Å²) in [5.41, 5.74) is 1.89. The van der Waals surface area contributed by atoms with Crippen molar-refractivity contribution in [2.45, 2.75) is 58.4 Å². The number of para-hydroxylation sites is 1. The number of hydrogen-bond acceptors (Lipinski definition) is 3. The number of carbonyl (C=O) groups excluding carboxylic acids is 1. The molecule has 1 aromatic carbocycles. The van der Waals surface area contributed by atoms with Crippen LogP contribution in [0.5, 0.6) is 0 Å². The Morgan fingerprint density at radius 1 is 1.10 bits per heavy atom. The molecular weight excluding hydrogens is 250 g/mol. The third-order valence-electron chi connectivity index (χ3n) is 3.58. The lowest BCUT2D eigenvalue weighted by atomic mass is 10.1. The van der Waals surface area contributed by atoms with Crippen LogP contribution in [0.1, 0.15) is 51.9 Å². The van der Waals surface area contributed by atoms with Gasteiger partial charge in [0.1, 0.15) is 11.3 Å². The molecule has 4 nitrogen and oxygen atoms in total. The zero-order chi connectivity index (χ0) is 14.2. The van der Waals surface area contributed by atoms with Gasteiger partial charge in [0.15, 0.2) is 0 Å². The molecule has 0 N–H and O–H groups in total. The van der Waals surface area contributed by atoms with Crippen molar-refractivity contribution in [1.29, 1.82) is 0 Å². The highest BCUT2D eigenvalue weighted by Crippen LogP contribution is 2.11. The molecule has 0 spiro atoms. The van der Waals surface area contributed by atoms with E-state index in [1.165, 1.54) is 25.7 Å². The lowest BCUT2D eigenvalue weighted by Gasteiger charge is -2.02. The summed E-state index contributed by atoms with van der Waals surface area (Å²) in [6.45, 7) is 2.84. The van der Waals surface area contributed by atoms with Crippen LogP contribution in [0.25, 0.3) is 11.0 Å². The summed E-state index contributed by atoms with van der Waals surface area (Å²) in [6, 6.07) is 7.85. The lowest BCUT2D eigenvalue weighted by Crippen LogP contribution is -2.07. The van der Waals surface area contributed by atoms with E-state index in [0.29, 0.717) is 25.2 Å². The molecule has 0 aliphatic carbocycles. The summed E-state index contributed by atoms with van der Waals surface area (Å²) >= 11 is 0. The Balaban J connectivity index is 1.73. The van der Waals surface area contributed by atoms with Crippen LogP contribution in [0.4, 0.5) is 0 Å². The van der Waals surface area contributed by atoms with Gasteiger partial charge in [-0.05, 0) is 18.6 Å². The fourth-order valence-corrected chi connectivity index (χ4v) is 2.36. The molecule has 0 fully saturated rings. The smallest absolute Gasteiger partial charge is 0.134 e. The van der Waals surface area contributed by atoms with Crippen molar-refractivity contribution < 1.29 is 4.79 Å². The van der Waals surface area contributed by atoms with Crippen molar-refractivity contribution in [2.75, 3.05) is 0 Å². The van der Waals surface area contributed by atoms with Gasteiger partial charge in [-0.1, -0.05) is 50.0 Å². The average Bonchev–Trinajstić information content (AvgIpc) is 2.88. The van der Waals surface area contributed by atoms with Gasteiger partial charge >= 0.3 is 0 Å². The third-order valence-corrected chi connectivity index (χ3v) is 3.58. The minimum Gasteiger partial charge on any atom is -0.300 e. The Morgan fingerprint density at radius 3 is 2.75 bits per heavy atom. The summed E-state index contributed by atoms with van der Waals surface area (Å²) < 4.78 is 1.82. The molecule has 108 valence electrons. The Bertz CT molecular complexity index is 547. The first-order valence-electron chi connectivity index (χ1n) is 7.61. The van der Waals surface area contributed by atoms with Crippen LogP contribution in [0.2, 0.25) is 0 Å². The predicted molar refractivity (Wildman–Crippen MR) is 80.5 cm³/mol. The minimum atomic E-state index is 0.334. The second-order valence-corrected chi connectivity index (χ2v) is 5.25. The maximum atomic E-state index is 11.8. The van der Waals surface area contributed by atoms with Crippen LogP contribution in [-0.4, -0.2) is 20.8 Å². The number of Topliss-reactive ketones (excluding diaryl/α,β-unsaturated/α-hetero) is 1. The SMILES string of the molecule is CCCCCCCC(=O)CCn1nnc2ccccc21. The number of benzene rings is 1. The van der Waals surface area contributed by atoms with E-state index < -0.39 is 0 Å². The summed E-state index contributed by atoms with van der Waals surface area (Å²) in [6.07, 6.45) is 7.23. The largest absolute Gasteiger partial charge is 0.300 e. The third kappa shape index (κ3) is 4.15. The molecule has 2 rings (SSSR count). The second-order valence-electron chi connectivity index (χ2n) is 5.25. The molecule has 1 aromatic heterocycles. The van der Waals surface area contributed by atoms with Crippen molar-refractivity contribution >= 4 is 16.8 Å². The summed E-state index contributed by atoms with van der Waals surface area (Å²) in [5, 5.41) is 8.20. The lowest BCUT2D eigenvalue weighted by molar-refractivity contribution is -0.119. The molecule has 0 aliphatic rings. The van der Waals surface area contributed by atoms with Crippen molar-refractivity contribution in [2.24, 2.45) is 0 Å². The van der Waals surface area contributed by atoms with E-state index in [0.717, 1.165) is 17.5 Å². The Labute approximate surface area is 120 Å². The van der Waals surface area contributed by atoms with E-state index in [1.54, 1.807) is 0 Å². The van der Waals surface area contributed by atoms with E-state index >= 15 is 0 Å². The molecule has 0 aliphatic heterocycles. The number of ketones is 1. The number of aromatic nitrogens is 3. The van der Waals surface area contributed by atoms with Crippen LogP contribution in [-0.2, 0) is 11.3 Å². The summed E-state index contributed by atoms with van der Waals surface area (Å²) in [7, 11) is 0. The predicted octanol–water partition coefficient (Wildman–Crippen LogP) is 3.75. The number of fused-ring (bicyclic) bond motifs is 1. The number of rotatable bonds is 9. The Hall–Kier alpha value is -1.71. The molecule has 0 atom stereocenters.